The van der Waals surface area contributed by atoms with Gasteiger partial charge in [0.05, 0.1) is 30.2 Å². The van der Waals surface area contributed by atoms with Crippen LogP contribution in [0.25, 0.3) is 16.9 Å². The van der Waals surface area contributed by atoms with Crippen molar-refractivity contribution in [3.8, 4) is 22.7 Å². The van der Waals surface area contributed by atoms with Crippen LogP contribution in [0.1, 0.15) is 30.5 Å². The van der Waals surface area contributed by atoms with Crippen LogP contribution >= 0.6 is 11.3 Å². The van der Waals surface area contributed by atoms with E-state index in [2.05, 4.69) is 11.4 Å². The van der Waals surface area contributed by atoms with Crippen LogP contribution in [-0.2, 0) is 4.79 Å². The maximum atomic E-state index is 12.6. The second kappa shape index (κ2) is 8.43. The van der Waals surface area contributed by atoms with Crippen LogP contribution in [-0.4, -0.2) is 33.5 Å². The number of amides is 1. The third kappa shape index (κ3) is 3.71. The lowest BCUT2D eigenvalue weighted by Crippen LogP contribution is -2.24. The van der Waals surface area contributed by atoms with E-state index < -0.39 is 0 Å². The highest BCUT2D eigenvalue weighted by atomic mass is 32.1. The Labute approximate surface area is 190 Å². The summed E-state index contributed by atoms with van der Waals surface area (Å²) >= 11 is 1.63. The molecule has 4 aromatic rings. The van der Waals surface area contributed by atoms with Crippen LogP contribution in [0.4, 0.5) is 0 Å². The largest absolute Gasteiger partial charge is 0.497 e. The van der Waals surface area contributed by atoms with Crippen molar-refractivity contribution >= 4 is 23.0 Å². The van der Waals surface area contributed by atoms with E-state index in [1.165, 1.54) is 0 Å². The van der Waals surface area contributed by atoms with Crippen LogP contribution < -0.4 is 4.74 Å². The fourth-order valence-electron chi connectivity index (χ4n) is 3.99. The molecule has 1 atom stereocenters. The van der Waals surface area contributed by atoms with Gasteiger partial charge in [0.2, 0.25) is 5.91 Å². The van der Waals surface area contributed by atoms with Crippen LogP contribution in [0, 0.1) is 0 Å². The zero-order valence-electron chi connectivity index (χ0n) is 17.8. The Morgan fingerprint density at radius 3 is 2.66 bits per heavy atom. The second-order valence-corrected chi connectivity index (χ2v) is 8.37. The Bertz CT molecular complexity index is 1280. The van der Waals surface area contributed by atoms with E-state index in [1.54, 1.807) is 30.4 Å². The maximum Gasteiger partial charge on any atom is 0.240 e. The van der Waals surface area contributed by atoms with Crippen LogP contribution in [0.3, 0.4) is 0 Å². The fraction of sp³-hybridized carbons (Fsp3) is 0.160. The van der Waals surface area contributed by atoms with Gasteiger partial charge in [0, 0.05) is 41.6 Å². The number of aromatic nitrogens is 2. The SMILES string of the molecule is COc1cccc(C2=NN(C(C)=O)[C@@H](c3cn(-c4ccccc4)nc3-c3ccsc3)C2)c1. The van der Waals surface area contributed by atoms with Gasteiger partial charge in [-0.2, -0.15) is 21.5 Å². The summed E-state index contributed by atoms with van der Waals surface area (Å²) in [6.45, 7) is 1.55. The van der Waals surface area contributed by atoms with E-state index in [1.807, 2.05) is 70.9 Å². The lowest BCUT2D eigenvalue weighted by atomic mass is 9.97. The monoisotopic (exact) mass is 442 g/mol. The number of hydrogen-bond donors (Lipinski definition) is 0. The van der Waals surface area contributed by atoms with E-state index >= 15 is 0 Å². The highest BCUT2D eigenvalue weighted by Crippen LogP contribution is 2.39. The van der Waals surface area contributed by atoms with Gasteiger partial charge < -0.3 is 4.74 Å². The third-order valence-corrected chi connectivity index (χ3v) is 6.24. The number of carbonyl (C=O) groups excluding carboxylic acids is 1. The van der Waals surface area contributed by atoms with E-state index in [-0.39, 0.29) is 11.9 Å². The molecular formula is C25H22N4O2S. The van der Waals surface area contributed by atoms with Crippen molar-refractivity contribution in [1.82, 2.24) is 14.8 Å². The summed E-state index contributed by atoms with van der Waals surface area (Å²) in [7, 11) is 1.64. The average molecular weight is 443 g/mol. The summed E-state index contributed by atoms with van der Waals surface area (Å²) in [4.78, 5) is 12.6. The quantitative estimate of drug-likeness (QED) is 0.421. The number of rotatable bonds is 5. The molecule has 1 aliphatic rings. The highest BCUT2D eigenvalue weighted by Gasteiger charge is 2.35. The van der Waals surface area contributed by atoms with Crippen LogP contribution in [0.5, 0.6) is 5.75 Å². The van der Waals surface area contributed by atoms with Gasteiger partial charge in [-0.1, -0.05) is 30.3 Å². The molecule has 0 fully saturated rings. The van der Waals surface area contributed by atoms with Crippen molar-refractivity contribution in [2.45, 2.75) is 19.4 Å². The van der Waals surface area contributed by atoms with Crippen LogP contribution in [0.15, 0.2) is 82.7 Å². The maximum absolute atomic E-state index is 12.6. The molecule has 0 bridgehead atoms. The molecule has 3 heterocycles. The molecule has 0 N–H and O–H groups in total. The molecule has 1 amide bonds. The molecule has 1 aliphatic heterocycles. The van der Waals surface area contributed by atoms with Crippen molar-refractivity contribution < 1.29 is 9.53 Å². The first-order chi connectivity index (χ1) is 15.6. The summed E-state index contributed by atoms with van der Waals surface area (Å²) in [6.07, 6.45) is 2.62. The highest BCUT2D eigenvalue weighted by molar-refractivity contribution is 7.08. The summed E-state index contributed by atoms with van der Waals surface area (Å²) in [5.41, 5.74) is 5.66. The number of thiophene rings is 1. The van der Waals surface area contributed by atoms with Gasteiger partial charge in [0.15, 0.2) is 0 Å². The Hall–Kier alpha value is -3.71. The minimum Gasteiger partial charge on any atom is -0.497 e. The molecule has 0 aliphatic carbocycles. The molecule has 0 spiro atoms. The topological polar surface area (TPSA) is 59.7 Å². The molecule has 32 heavy (non-hydrogen) atoms. The fourth-order valence-corrected chi connectivity index (χ4v) is 4.63. The summed E-state index contributed by atoms with van der Waals surface area (Å²) in [5, 5.41) is 15.3. The summed E-state index contributed by atoms with van der Waals surface area (Å²) in [6, 6.07) is 19.6. The van der Waals surface area contributed by atoms with Gasteiger partial charge in [-0.15, -0.1) is 0 Å². The minimum atomic E-state index is -0.235. The Morgan fingerprint density at radius 2 is 1.94 bits per heavy atom. The molecule has 0 unspecified atom stereocenters. The predicted molar refractivity (Wildman–Crippen MR) is 126 cm³/mol. The molecule has 0 saturated carbocycles. The van der Waals surface area contributed by atoms with Gasteiger partial charge in [-0.25, -0.2) is 9.69 Å². The first-order valence-corrected chi connectivity index (χ1v) is 11.3. The molecule has 2 aromatic heterocycles. The summed E-state index contributed by atoms with van der Waals surface area (Å²) < 4.78 is 7.25. The molecular weight excluding hydrogens is 420 g/mol. The standard InChI is InChI=1S/C25H22N4O2S/c1-17(30)29-24(14-23(26-29)18-7-6-10-21(13-18)31-2)22-15-28(20-8-4-3-5-9-20)27-25(22)19-11-12-32-16-19/h3-13,15-16,24H,14H2,1-2H3/t24-/m1/s1. The zero-order valence-corrected chi connectivity index (χ0v) is 18.6. The van der Waals surface area contributed by atoms with Gasteiger partial charge >= 0.3 is 0 Å². The van der Waals surface area contributed by atoms with Gasteiger partial charge in [0.25, 0.3) is 0 Å². The first kappa shape index (κ1) is 20.2. The smallest absolute Gasteiger partial charge is 0.240 e. The van der Waals surface area contributed by atoms with Crippen molar-refractivity contribution in [1.29, 1.82) is 0 Å². The zero-order chi connectivity index (χ0) is 22.1. The van der Waals surface area contributed by atoms with E-state index in [4.69, 9.17) is 14.9 Å². The molecule has 160 valence electrons. The molecule has 5 rings (SSSR count). The Balaban J connectivity index is 1.58. The van der Waals surface area contributed by atoms with Crippen LogP contribution in [0.2, 0.25) is 0 Å². The minimum absolute atomic E-state index is 0.100. The van der Waals surface area contributed by atoms with E-state index in [0.717, 1.165) is 39.5 Å². The summed E-state index contributed by atoms with van der Waals surface area (Å²) in [5.74, 6) is 0.663. The van der Waals surface area contributed by atoms with Gasteiger partial charge in [0.1, 0.15) is 5.75 Å². The Kier molecular flexibility index (Phi) is 5.33. The van der Waals surface area contributed by atoms with Crippen molar-refractivity contribution in [2.24, 2.45) is 5.10 Å². The number of methoxy groups -OCH3 is 1. The Morgan fingerprint density at radius 1 is 1.09 bits per heavy atom. The van der Waals surface area contributed by atoms with E-state index in [9.17, 15) is 4.79 Å². The predicted octanol–water partition coefficient (Wildman–Crippen LogP) is 5.31. The van der Waals surface area contributed by atoms with Gasteiger partial charge in [-0.05, 0) is 35.7 Å². The number of para-hydroxylation sites is 1. The number of hydrogen-bond acceptors (Lipinski definition) is 5. The molecule has 0 radical (unpaired) electrons. The van der Waals surface area contributed by atoms with Crippen molar-refractivity contribution in [2.75, 3.05) is 7.11 Å². The lowest BCUT2D eigenvalue weighted by Gasteiger charge is -2.20. The van der Waals surface area contributed by atoms with Gasteiger partial charge in [-0.3, -0.25) is 4.79 Å². The number of benzene rings is 2. The number of hydrazone groups is 1. The molecule has 2 aromatic carbocycles. The third-order valence-electron chi connectivity index (χ3n) is 5.55. The second-order valence-electron chi connectivity index (χ2n) is 7.59. The molecule has 6 nitrogen and oxygen atoms in total. The van der Waals surface area contributed by atoms with E-state index in [0.29, 0.717) is 6.42 Å². The first-order valence-electron chi connectivity index (χ1n) is 10.3. The van der Waals surface area contributed by atoms with Crippen molar-refractivity contribution in [3.05, 3.63) is 88.7 Å². The number of nitrogens with zero attached hydrogens (tertiary/aromatic N) is 4. The number of ether oxygens (including phenoxy) is 1. The average Bonchev–Trinajstić information content (AvgIpc) is 3.58. The van der Waals surface area contributed by atoms with Crippen molar-refractivity contribution in [3.63, 3.8) is 0 Å². The normalized spacial score (nSPS) is 15.6. The number of carbonyl (C=O) groups is 1. The molecule has 0 saturated heterocycles. The molecule has 7 heteroatoms. The lowest BCUT2D eigenvalue weighted by molar-refractivity contribution is -0.130.